The molecule has 1 aromatic rings. The number of hydrogen-bond donors (Lipinski definition) is 1. The minimum Gasteiger partial charge on any atom is -0.380 e. The lowest BCUT2D eigenvalue weighted by Crippen LogP contribution is -2.30. The van der Waals surface area contributed by atoms with Crippen LogP contribution in [-0.2, 0) is 4.74 Å². The number of hydrogen-bond acceptors (Lipinski definition) is 4. The highest BCUT2D eigenvalue weighted by Crippen LogP contribution is 2.28. The highest BCUT2D eigenvalue weighted by molar-refractivity contribution is 5.62. The van der Waals surface area contributed by atoms with E-state index in [0.717, 1.165) is 0 Å². The molecule has 0 bridgehead atoms. The van der Waals surface area contributed by atoms with Crippen LogP contribution in [0.5, 0.6) is 0 Å². The summed E-state index contributed by atoms with van der Waals surface area (Å²) in [7, 11) is 1.53. The molecule has 1 aromatic carbocycles. The molecule has 0 aliphatic carbocycles. The van der Waals surface area contributed by atoms with Crippen molar-refractivity contribution in [3.63, 3.8) is 0 Å². The van der Waals surface area contributed by atoms with Gasteiger partial charge in [0, 0.05) is 19.2 Å². The van der Waals surface area contributed by atoms with Crippen molar-refractivity contribution in [1.29, 1.82) is 0 Å². The average molecular weight is 242 g/mol. The van der Waals surface area contributed by atoms with Crippen LogP contribution in [-0.4, -0.2) is 24.2 Å². The number of benzene rings is 1. The normalized spacial score (nSPS) is 14.1. The van der Waals surface area contributed by atoms with E-state index in [0.29, 0.717) is 0 Å². The van der Waals surface area contributed by atoms with Crippen molar-refractivity contribution in [2.24, 2.45) is 0 Å². The third-order valence-electron chi connectivity index (χ3n) is 2.64. The van der Waals surface area contributed by atoms with Crippen molar-refractivity contribution in [1.82, 2.24) is 0 Å². The molecule has 2 atom stereocenters. The topological polar surface area (TPSA) is 64.4 Å². The van der Waals surface area contributed by atoms with Gasteiger partial charge in [-0.1, -0.05) is 6.07 Å². The van der Waals surface area contributed by atoms with Crippen LogP contribution < -0.4 is 5.32 Å². The molecule has 0 fully saturated rings. The fourth-order valence-electron chi connectivity index (χ4n) is 1.36. The molecule has 0 aliphatic rings. The van der Waals surface area contributed by atoms with E-state index in [4.69, 9.17) is 4.74 Å². The number of para-hydroxylation sites is 1. The van der Waals surface area contributed by atoms with Crippen molar-refractivity contribution >= 4 is 11.4 Å². The Morgan fingerprint density at radius 1 is 1.47 bits per heavy atom. The summed E-state index contributed by atoms with van der Waals surface area (Å²) in [5.74, 6) is -0.644. The Morgan fingerprint density at radius 2 is 2.12 bits per heavy atom. The van der Waals surface area contributed by atoms with Crippen molar-refractivity contribution in [2.75, 3.05) is 12.4 Å². The molecule has 0 saturated heterocycles. The van der Waals surface area contributed by atoms with Gasteiger partial charge in [-0.05, 0) is 19.9 Å². The lowest BCUT2D eigenvalue weighted by molar-refractivity contribution is -0.384. The minimum atomic E-state index is -0.644. The number of ether oxygens (including phenoxy) is 1. The van der Waals surface area contributed by atoms with Crippen molar-refractivity contribution < 1.29 is 14.1 Å². The lowest BCUT2D eigenvalue weighted by atomic mass is 10.2. The number of halogens is 1. The Bertz CT molecular complexity index is 412. The number of nitrogens with one attached hydrogen (secondary N) is 1. The monoisotopic (exact) mass is 242 g/mol. The van der Waals surface area contributed by atoms with Gasteiger partial charge in [0.05, 0.1) is 11.0 Å². The molecule has 1 rings (SSSR count). The second kappa shape index (κ2) is 5.58. The van der Waals surface area contributed by atoms with Crippen LogP contribution in [0.2, 0.25) is 0 Å². The highest BCUT2D eigenvalue weighted by atomic mass is 19.1. The molecule has 5 nitrogen and oxygen atoms in total. The number of nitro groups is 1. The molecule has 0 heterocycles. The molecular weight excluding hydrogens is 227 g/mol. The third-order valence-corrected chi connectivity index (χ3v) is 2.64. The van der Waals surface area contributed by atoms with E-state index in [2.05, 4.69) is 5.32 Å². The van der Waals surface area contributed by atoms with Crippen molar-refractivity contribution in [2.45, 2.75) is 26.0 Å². The van der Waals surface area contributed by atoms with Crippen LogP contribution in [0.3, 0.4) is 0 Å². The number of anilines is 1. The van der Waals surface area contributed by atoms with Crippen LogP contribution in [0.1, 0.15) is 13.8 Å². The molecule has 0 aliphatic heterocycles. The van der Waals surface area contributed by atoms with Crippen molar-refractivity contribution in [3.8, 4) is 0 Å². The summed E-state index contributed by atoms with van der Waals surface area (Å²) in [6.45, 7) is 3.56. The van der Waals surface area contributed by atoms with Crippen LogP contribution in [0.25, 0.3) is 0 Å². The van der Waals surface area contributed by atoms with Gasteiger partial charge < -0.3 is 10.1 Å². The molecule has 0 radical (unpaired) electrons. The van der Waals surface area contributed by atoms with Crippen LogP contribution in [0.15, 0.2) is 18.2 Å². The molecule has 2 unspecified atom stereocenters. The first-order chi connectivity index (χ1) is 7.97. The van der Waals surface area contributed by atoms with Gasteiger partial charge in [-0.2, -0.15) is 0 Å². The van der Waals surface area contributed by atoms with Gasteiger partial charge in [-0.3, -0.25) is 10.1 Å². The molecule has 0 saturated carbocycles. The van der Waals surface area contributed by atoms with Gasteiger partial charge in [0.25, 0.3) is 5.69 Å². The first-order valence-corrected chi connectivity index (χ1v) is 5.19. The first-order valence-electron chi connectivity index (χ1n) is 5.19. The highest BCUT2D eigenvalue weighted by Gasteiger charge is 2.21. The number of rotatable bonds is 5. The van der Waals surface area contributed by atoms with Gasteiger partial charge in [0.15, 0.2) is 5.82 Å². The second-order valence-electron chi connectivity index (χ2n) is 3.76. The summed E-state index contributed by atoms with van der Waals surface area (Å²) >= 11 is 0. The summed E-state index contributed by atoms with van der Waals surface area (Å²) in [5, 5.41) is 13.5. The van der Waals surface area contributed by atoms with E-state index in [9.17, 15) is 14.5 Å². The SMILES string of the molecule is COC(C)C(C)Nc1c(F)cccc1[N+](=O)[O-]. The van der Waals surface area contributed by atoms with Gasteiger partial charge in [0.1, 0.15) is 5.69 Å². The zero-order valence-electron chi connectivity index (χ0n) is 9.94. The fraction of sp³-hybridized carbons (Fsp3) is 0.455. The zero-order valence-corrected chi connectivity index (χ0v) is 9.94. The Hall–Kier alpha value is -1.69. The summed E-state index contributed by atoms with van der Waals surface area (Å²) in [6.07, 6.45) is -0.186. The Kier molecular flexibility index (Phi) is 4.39. The first kappa shape index (κ1) is 13.4. The van der Waals surface area contributed by atoms with Gasteiger partial charge in [-0.25, -0.2) is 4.39 Å². The van der Waals surface area contributed by atoms with E-state index >= 15 is 0 Å². The molecule has 0 aromatic heterocycles. The van der Waals surface area contributed by atoms with Gasteiger partial charge >= 0.3 is 0 Å². The molecule has 94 valence electrons. The number of nitrogens with zero attached hydrogens (tertiary/aromatic N) is 1. The quantitative estimate of drug-likeness (QED) is 0.636. The van der Waals surface area contributed by atoms with E-state index < -0.39 is 10.7 Å². The summed E-state index contributed by atoms with van der Waals surface area (Å²) in [4.78, 5) is 10.1. The van der Waals surface area contributed by atoms with E-state index in [-0.39, 0.29) is 23.5 Å². The fourth-order valence-corrected chi connectivity index (χ4v) is 1.36. The number of methoxy groups -OCH3 is 1. The molecular formula is C11H15FN2O3. The van der Waals surface area contributed by atoms with Gasteiger partial charge in [-0.15, -0.1) is 0 Å². The maximum atomic E-state index is 13.5. The summed E-state index contributed by atoms with van der Waals surface area (Å²) in [5.41, 5.74) is -0.381. The molecule has 0 spiro atoms. The van der Waals surface area contributed by atoms with E-state index in [1.54, 1.807) is 13.8 Å². The maximum absolute atomic E-state index is 13.5. The average Bonchev–Trinajstić information content (AvgIpc) is 2.30. The van der Waals surface area contributed by atoms with Crippen molar-refractivity contribution in [3.05, 3.63) is 34.1 Å². The Labute approximate surface area is 98.7 Å². The van der Waals surface area contributed by atoms with Crippen LogP contribution in [0, 0.1) is 15.9 Å². The Morgan fingerprint density at radius 3 is 2.65 bits per heavy atom. The number of nitro benzene ring substituents is 1. The second-order valence-corrected chi connectivity index (χ2v) is 3.76. The van der Waals surface area contributed by atoms with Crippen LogP contribution >= 0.6 is 0 Å². The molecule has 17 heavy (non-hydrogen) atoms. The zero-order chi connectivity index (χ0) is 13.0. The third kappa shape index (κ3) is 3.13. The Balaban J connectivity index is 3.00. The van der Waals surface area contributed by atoms with E-state index in [1.165, 1.54) is 25.3 Å². The molecule has 1 N–H and O–H groups in total. The minimum absolute atomic E-state index is 0.103. The lowest BCUT2D eigenvalue weighted by Gasteiger charge is -2.21. The van der Waals surface area contributed by atoms with Gasteiger partial charge in [0.2, 0.25) is 0 Å². The molecule has 6 heteroatoms. The predicted molar refractivity (Wildman–Crippen MR) is 62.6 cm³/mol. The summed E-state index contributed by atoms with van der Waals surface area (Å²) < 4.78 is 18.6. The van der Waals surface area contributed by atoms with Crippen LogP contribution in [0.4, 0.5) is 15.8 Å². The maximum Gasteiger partial charge on any atom is 0.295 e. The molecule has 0 amide bonds. The predicted octanol–water partition coefficient (Wildman–Crippen LogP) is 2.57. The summed E-state index contributed by atoms with van der Waals surface area (Å²) in [6, 6.07) is 3.51. The standard InChI is InChI=1S/C11H15FN2O3/c1-7(8(2)17-3)13-11-9(12)5-4-6-10(11)14(15)16/h4-8,13H,1-3H3. The largest absolute Gasteiger partial charge is 0.380 e. The smallest absolute Gasteiger partial charge is 0.295 e. The van der Waals surface area contributed by atoms with E-state index in [1.807, 2.05) is 0 Å².